The first-order valence-electron chi connectivity index (χ1n) is 8.15. The fourth-order valence-electron chi connectivity index (χ4n) is 2.49. The highest BCUT2D eigenvalue weighted by Gasteiger charge is 2.38. The summed E-state index contributed by atoms with van der Waals surface area (Å²) in [6.07, 6.45) is 4.62. The van der Waals surface area contributed by atoms with Gasteiger partial charge in [0.2, 0.25) is 0 Å². The Kier molecular flexibility index (Phi) is 4.61. The minimum atomic E-state index is -0.566. The van der Waals surface area contributed by atoms with Crippen molar-refractivity contribution in [1.29, 1.82) is 0 Å². The number of ether oxygens (including phenoxy) is 1. The van der Waals surface area contributed by atoms with Crippen LogP contribution in [0.4, 0.5) is 4.79 Å². The molecule has 0 spiro atoms. The van der Waals surface area contributed by atoms with Crippen molar-refractivity contribution in [3.05, 3.63) is 11.9 Å². The summed E-state index contributed by atoms with van der Waals surface area (Å²) in [5.74, 6) is 0.457. The van der Waals surface area contributed by atoms with Gasteiger partial charge in [-0.25, -0.2) is 9.48 Å². The molecule has 3 rings (SSSR count). The first kappa shape index (κ1) is 15.9. The molecule has 23 heavy (non-hydrogen) atoms. The second kappa shape index (κ2) is 6.66. The van der Waals surface area contributed by atoms with Crippen LogP contribution < -0.4 is 5.32 Å². The molecule has 1 aromatic heterocycles. The Morgan fingerprint density at radius 2 is 2.17 bits per heavy atom. The van der Waals surface area contributed by atoms with Crippen LogP contribution >= 0.6 is 0 Å². The molecule has 1 aliphatic carbocycles. The van der Waals surface area contributed by atoms with Crippen molar-refractivity contribution >= 4 is 11.9 Å². The molecule has 0 radical (unpaired) electrons. The molecule has 3 amide bonds. The summed E-state index contributed by atoms with van der Waals surface area (Å²) < 4.78 is 7.24. The van der Waals surface area contributed by atoms with Crippen LogP contribution in [-0.4, -0.2) is 57.6 Å². The predicted molar refractivity (Wildman–Crippen MR) is 81.7 cm³/mol. The van der Waals surface area contributed by atoms with E-state index in [1.807, 2.05) is 20.0 Å². The highest BCUT2D eigenvalue weighted by atomic mass is 16.5. The van der Waals surface area contributed by atoms with Gasteiger partial charge in [0.1, 0.15) is 6.04 Å². The number of nitrogens with one attached hydrogen (secondary N) is 1. The Hall–Kier alpha value is -1.96. The molecule has 1 aliphatic heterocycles. The minimum absolute atomic E-state index is 0.213. The average Bonchev–Trinajstić information content (AvgIpc) is 3.14. The maximum absolute atomic E-state index is 12.3. The van der Waals surface area contributed by atoms with E-state index in [0.717, 1.165) is 6.61 Å². The van der Waals surface area contributed by atoms with E-state index in [4.69, 9.17) is 4.74 Å². The van der Waals surface area contributed by atoms with Crippen molar-refractivity contribution in [2.45, 2.75) is 45.2 Å². The smallest absolute Gasteiger partial charge is 0.324 e. The van der Waals surface area contributed by atoms with E-state index in [0.29, 0.717) is 31.2 Å². The van der Waals surface area contributed by atoms with Gasteiger partial charge in [0, 0.05) is 25.3 Å². The molecule has 0 unspecified atom stereocenters. The SMILES string of the molecule is CC(C)n1cc(C[C@@H]2NC(=O)N(CCOCC3CC3)C2=O)nn1. The maximum atomic E-state index is 12.3. The van der Waals surface area contributed by atoms with Crippen molar-refractivity contribution in [3.63, 3.8) is 0 Å². The van der Waals surface area contributed by atoms with Crippen LogP contribution in [-0.2, 0) is 16.0 Å². The molecular formula is C15H23N5O3. The van der Waals surface area contributed by atoms with Crippen LogP contribution in [0.3, 0.4) is 0 Å². The monoisotopic (exact) mass is 321 g/mol. The maximum Gasteiger partial charge on any atom is 0.324 e. The summed E-state index contributed by atoms with van der Waals surface area (Å²) in [5, 5.41) is 10.8. The summed E-state index contributed by atoms with van der Waals surface area (Å²) in [7, 11) is 0. The molecule has 1 saturated carbocycles. The Labute approximate surface area is 135 Å². The van der Waals surface area contributed by atoms with E-state index in [1.165, 1.54) is 17.7 Å². The molecule has 1 atom stereocenters. The fourth-order valence-corrected chi connectivity index (χ4v) is 2.49. The lowest BCUT2D eigenvalue weighted by Crippen LogP contribution is -2.35. The summed E-state index contributed by atoms with van der Waals surface area (Å²) in [5.41, 5.74) is 0.698. The standard InChI is InChI=1S/C15H23N5O3/c1-10(2)20-8-12(17-18-20)7-13-14(21)19(15(22)16-13)5-6-23-9-11-3-4-11/h8,10-11,13H,3-7,9H2,1-2H3,(H,16,22)/t13-/m0/s1. The van der Waals surface area contributed by atoms with E-state index < -0.39 is 6.04 Å². The van der Waals surface area contributed by atoms with Gasteiger partial charge < -0.3 is 10.1 Å². The lowest BCUT2D eigenvalue weighted by atomic mass is 10.1. The Balaban J connectivity index is 1.50. The largest absolute Gasteiger partial charge is 0.379 e. The second-order valence-corrected chi connectivity index (χ2v) is 6.50. The Morgan fingerprint density at radius 3 is 2.83 bits per heavy atom. The van der Waals surface area contributed by atoms with Crippen molar-refractivity contribution in [2.75, 3.05) is 19.8 Å². The third kappa shape index (κ3) is 3.87. The summed E-state index contributed by atoms with van der Waals surface area (Å²) >= 11 is 0. The molecule has 2 aliphatic rings. The van der Waals surface area contributed by atoms with Crippen LogP contribution in [0.15, 0.2) is 6.20 Å². The average molecular weight is 321 g/mol. The van der Waals surface area contributed by atoms with Gasteiger partial charge in [0.15, 0.2) is 0 Å². The summed E-state index contributed by atoms with van der Waals surface area (Å²) in [4.78, 5) is 25.5. The number of imide groups is 1. The number of urea groups is 1. The third-order valence-electron chi connectivity index (χ3n) is 4.12. The first-order chi connectivity index (χ1) is 11.0. The highest BCUT2D eigenvalue weighted by molar-refractivity contribution is 6.04. The van der Waals surface area contributed by atoms with Crippen molar-refractivity contribution in [3.8, 4) is 0 Å². The van der Waals surface area contributed by atoms with Crippen LogP contribution in [0.1, 0.15) is 38.4 Å². The molecule has 1 aromatic rings. The van der Waals surface area contributed by atoms with Gasteiger partial charge in [-0.15, -0.1) is 5.10 Å². The van der Waals surface area contributed by atoms with Crippen LogP contribution in [0.25, 0.3) is 0 Å². The Bertz CT molecular complexity index is 581. The van der Waals surface area contributed by atoms with Crippen molar-refractivity contribution in [1.82, 2.24) is 25.2 Å². The third-order valence-corrected chi connectivity index (χ3v) is 4.12. The topological polar surface area (TPSA) is 89.4 Å². The van der Waals surface area contributed by atoms with Gasteiger partial charge in [0.05, 0.1) is 18.8 Å². The number of nitrogens with zero attached hydrogens (tertiary/aromatic N) is 4. The van der Waals surface area contributed by atoms with Gasteiger partial charge in [0.25, 0.3) is 5.91 Å². The molecule has 1 N–H and O–H groups in total. The number of hydrogen-bond acceptors (Lipinski definition) is 5. The highest BCUT2D eigenvalue weighted by Crippen LogP contribution is 2.28. The van der Waals surface area contributed by atoms with E-state index in [-0.39, 0.29) is 18.0 Å². The lowest BCUT2D eigenvalue weighted by molar-refractivity contribution is -0.128. The first-order valence-corrected chi connectivity index (χ1v) is 8.15. The number of carbonyl (C=O) groups excluding carboxylic acids is 2. The quantitative estimate of drug-likeness (QED) is 0.564. The number of aromatic nitrogens is 3. The molecule has 8 nitrogen and oxygen atoms in total. The summed E-state index contributed by atoms with van der Waals surface area (Å²) in [6, 6.07) is -0.709. The van der Waals surface area contributed by atoms with Gasteiger partial charge in [-0.1, -0.05) is 5.21 Å². The molecule has 126 valence electrons. The van der Waals surface area contributed by atoms with Crippen LogP contribution in [0.5, 0.6) is 0 Å². The predicted octanol–water partition coefficient (Wildman–Crippen LogP) is 0.748. The van der Waals surface area contributed by atoms with Gasteiger partial charge in [-0.3, -0.25) is 9.69 Å². The lowest BCUT2D eigenvalue weighted by Gasteiger charge is -2.12. The number of carbonyl (C=O) groups is 2. The normalized spacial score (nSPS) is 21.3. The van der Waals surface area contributed by atoms with Crippen molar-refractivity contribution in [2.24, 2.45) is 5.92 Å². The molecule has 1 saturated heterocycles. The second-order valence-electron chi connectivity index (χ2n) is 6.50. The van der Waals surface area contributed by atoms with Crippen molar-refractivity contribution < 1.29 is 14.3 Å². The van der Waals surface area contributed by atoms with E-state index in [2.05, 4.69) is 15.6 Å². The molecule has 0 aromatic carbocycles. The van der Waals surface area contributed by atoms with Gasteiger partial charge >= 0.3 is 6.03 Å². The number of hydrogen-bond donors (Lipinski definition) is 1. The zero-order chi connectivity index (χ0) is 16.4. The molecule has 8 heteroatoms. The van der Waals surface area contributed by atoms with E-state index in [1.54, 1.807) is 4.68 Å². The minimum Gasteiger partial charge on any atom is -0.379 e. The summed E-state index contributed by atoms with van der Waals surface area (Å²) in [6.45, 7) is 5.43. The fraction of sp³-hybridized carbons (Fsp3) is 0.733. The molecule has 2 fully saturated rings. The molecule has 0 bridgehead atoms. The zero-order valence-corrected chi connectivity index (χ0v) is 13.6. The zero-order valence-electron chi connectivity index (χ0n) is 13.6. The van der Waals surface area contributed by atoms with Gasteiger partial charge in [-0.05, 0) is 32.6 Å². The van der Waals surface area contributed by atoms with Gasteiger partial charge in [-0.2, -0.15) is 0 Å². The van der Waals surface area contributed by atoms with Crippen LogP contribution in [0, 0.1) is 5.92 Å². The molecule has 2 heterocycles. The van der Waals surface area contributed by atoms with E-state index >= 15 is 0 Å². The van der Waals surface area contributed by atoms with Crippen LogP contribution in [0.2, 0.25) is 0 Å². The number of rotatable bonds is 8. The van der Waals surface area contributed by atoms with E-state index in [9.17, 15) is 9.59 Å². The number of amides is 3. The Morgan fingerprint density at radius 1 is 1.39 bits per heavy atom. The molecular weight excluding hydrogens is 298 g/mol.